The highest BCUT2D eigenvalue weighted by molar-refractivity contribution is 7.15. The van der Waals surface area contributed by atoms with Crippen LogP contribution in [0.1, 0.15) is 17.4 Å². The zero-order valence-corrected chi connectivity index (χ0v) is 13.6. The summed E-state index contributed by atoms with van der Waals surface area (Å²) in [6.07, 6.45) is 2.32. The predicted octanol–water partition coefficient (Wildman–Crippen LogP) is 4.61. The fourth-order valence-electron chi connectivity index (χ4n) is 1.52. The summed E-state index contributed by atoms with van der Waals surface area (Å²) in [5.41, 5.74) is 0.923. The summed E-state index contributed by atoms with van der Waals surface area (Å²) in [6, 6.07) is 5.33. The first-order chi connectivity index (χ1) is 9.45. The van der Waals surface area contributed by atoms with Gasteiger partial charge in [-0.05, 0) is 30.7 Å². The lowest BCUT2D eigenvalue weighted by atomic mass is 10.1. The summed E-state index contributed by atoms with van der Waals surface area (Å²) in [5, 5.41) is 3.87. The number of hydrogen-bond acceptors (Lipinski definition) is 3. The number of carbonyl (C=O) groups is 1. The normalized spacial score (nSPS) is 12.2. The van der Waals surface area contributed by atoms with Gasteiger partial charge in [0.15, 0.2) is 5.13 Å². The van der Waals surface area contributed by atoms with E-state index in [9.17, 15) is 4.79 Å². The molecule has 0 saturated carbocycles. The molecule has 7 heteroatoms. The molecule has 0 aliphatic heterocycles. The lowest BCUT2D eigenvalue weighted by molar-refractivity contribution is -0.115. The molecular formula is C13H11Cl3N2OS. The number of nitrogens with zero attached hydrogens (tertiary/aromatic N) is 1. The van der Waals surface area contributed by atoms with Crippen molar-refractivity contribution < 1.29 is 4.79 Å². The standard InChI is InChI=1S/C13H11Cl3N2OS/c1-7(14)12(19)18-13-17-6-10(20-13)5-8-4-9(15)2-3-11(8)16/h2-4,6-7H,5H2,1H3,(H,17,18,19). The molecule has 0 saturated heterocycles. The topological polar surface area (TPSA) is 42.0 Å². The third kappa shape index (κ3) is 4.09. The van der Waals surface area contributed by atoms with Crippen molar-refractivity contribution in [3.05, 3.63) is 44.9 Å². The lowest BCUT2D eigenvalue weighted by Crippen LogP contribution is -2.19. The fraction of sp³-hybridized carbons (Fsp3) is 0.231. The Bertz CT molecular complexity index is 628. The van der Waals surface area contributed by atoms with Gasteiger partial charge in [-0.3, -0.25) is 4.79 Å². The molecule has 2 aromatic rings. The van der Waals surface area contributed by atoms with Crippen LogP contribution in [0.2, 0.25) is 10.0 Å². The first-order valence-electron chi connectivity index (χ1n) is 5.79. The van der Waals surface area contributed by atoms with Crippen LogP contribution in [-0.2, 0) is 11.2 Å². The Hall–Kier alpha value is -0.810. The summed E-state index contributed by atoms with van der Waals surface area (Å²) in [7, 11) is 0. The summed E-state index contributed by atoms with van der Waals surface area (Å²) in [5.74, 6) is -0.270. The number of aromatic nitrogens is 1. The molecule has 0 bridgehead atoms. The van der Waals surface area contributed by atoms with Gasteiger partial charge in [-0.1, -0.05) is 23.2 Å². The molecule has 0 fully saturated rings. The van der Waals surface area contributed by atoms with E-state index >= 15 is 0 Å². The number of nitrogens with one attached hydrogen (secondary N) is 1. The molecular weight excluding hydrogens is 339 g/mol. The van der Waals surface area contributed by atoms with Crippen LogP contribution in [0.25, 0.3) is 0 Å². The van der Waals surface area contributed by atoms with E-state index in [1.165, 1.54) is 11.3 Å². The van der Waals surface area contributed by atoms with Crippen molar-refractivity contribution >= 4 is 57.2 Å². The van der Waals surface area contributed by atoms with Crippen LogP contribution in [0.5, 0.6) is 0 Å². The number of carbonyl (C=O) groups excluding carboxylic acids is 1. The molecule has 1 heterocycles. The van der Waals surface area contributed by atoms with Crippen molar-refractivity contribution in [1.82, 2.24) is 4.98 Å². The van der Waals surface area contributed by atoms with Crippen molar-refractivity contribution in [3.8, 4) is 0 Å². The second kappa shape index (κ2) is 6.76. The van der Waals surface area contributed by atoms with Crippen LogP contribution in [0, 0.1) is 0 Å². The third-order valence-electron chi connectivity index (χ3n) is 2.52. The molecule has 106 valence electrons. The zero-order chi connectivity index (χ0) is 14.7. The molecule has 0 spiro atoms. The minimum atomic E-state index is -0.593. The van der Waals surface area contributed by atoms with E-state index < -0.39 is 5.38 Å². The van der Waals surface area contributed by atoms with E-state index in [1.54, 1.807) is 25.3 Å². The van der Waals surface area contributed by atoms with Gasteiger partial charge in [-0.2, -0.15) is 0 Å². The van der Waals surface area contributed by atoms with E-state index in [4.69, 9.17) is 34.8 Å². The van der Waals surface area contributed by atoms with E-state index in [0.29, 0.717) is 21.6 Å². The van der Waals surface area contributed by atoms with E-state index in [0.717, 1.165) is 10.4 Å². The maximum absolute atomic E-state index is 11.5. The summed E-state index contributed by atoms with van der Waals surface area (Å²) < 4.78 is 0. The summed E-state index contributed by atoms with van der Waals surface area (Å²) >= 11 is 19.1. The zero-order valence-electron chi connectivity index (χ0n) is 10.5. The van der Waals surface area contributed by atoms with Crippen LogP contribution in [0.3, 0.4) is 0 Å². The Balaban J connectivity index is 2.09. The summed E-state index contributed by atoms with van der Waals surface area (Å²) in [6.45, 7) is 1.61. The smallest absolute Gasteiger partial charge is 0.243 e. The molecule has 20 heavy (non-hydrogen) atoms. The van der Waals surface area contributed by atoms with Crippen molar-refractivity contribution in [1.29, 1.82) is 0 Å². The van der Waals surface area contributed by atoms with E-state index in [1.807, 2.05) is 6.07 Å². The number of benzene rings is 1. The van der Waals surface area contributed by atoms with Gasteiger partial charge in [0.05, 0.1) is 0 Å². The predicted molar refractivity (Wildman–Crippen MR) is 85.3 cm³/mol. The van der Waals surface area contributed by atoms with Crippen LogP contribution in [-0.4, -0.2) is 16.3 Å². The van der Waals surface area contributed by atoms with Crippen LogP contribution in [0.15, 0.2) is 24.4 Å². The second-order valence-electron chi connectivity index (χ2n) is 4.15. The molecule has 1 N–H and O–H groups in total. The Kier molecular flexibility index (Phi) is 5.27. The number of thiazole rings is 1. The van der Waals surface area contributed by atoms with Gasteiger partial charge in [0.25, 0.3) is 0 Å². The molecule has 0 aliphatic carbocycles. The number of hydrogen-bond donors (Lipinski definition) is 1. The minimum absolute atomic E-state index is 0.270. The van der Waals surface area contributed by atoms with E-state index in [2.05, 4.69) is 10.3 Å². The minimum Gasteiger partial charge on any atom is -0.301 e. The maximum Gasteiger partial charge on any atom is 0.243 e. The van der Waals surface area contributed by atoms with Crippen LogP contribution in [0.4, 0.5) is 5.13 Å². The van der Waals surface area contributed by atoms with Gasteiger partial charge in [0.2, 0.25) is 5.91 Å². The molecule has 0 radical (unpaired) electrons. The number of halogens is 3. The summed E-state index contributed by atoms with van der Waals surface area (Å²) in [4.78, 5) is 16.6. The van der Waals surface area contributed by atoms with Crippen molar-refractivity contribution in [2.75, 3.05) is 5.32 Å². The average molecular weight is 350 g/mol. The molecule has 1 atom stereocenters. The maximum atomic E-state index is 11.5. The van der Waals surface area contributed by atoms with Crippen molar-refractivity contribution in [2.45, 2.75) is 18.7 Å². The molecule has 2 rings (SSSR count). The molecule has 1 aromatic carbocycles. The SMILES string of the molecule is CC(Cl)C(=O)Nc1ncc(Cc2cc(Cl)ccc2Cl)s1. The largest absolute Gasteiger partial charge is 0.301 e. The van der Waals surface area contributed by atoms with Gasteiger partial charge >= 0.3 is 0 Å². The quantitative estimate of drug-likeness (QED) is 0.819. The highest BCUT2D eigenvalue weighted by Crippen LogP contribution is 2.27. The van der Waals surface area contributed by atoms with Crippen LogP contribution >= 0.6 is 46.1 Å². The first kappa shape index (κ1) is 15.6. The number of alkyl halides is 1. The Morgan fingerprint density at radius 3 is 2.90 bits per heavy atom. The first-order valence-corrected chi connectivity index (χ1v) is 7.80. The monoisotopic (exact) mass is 348 g/mol. The molecule has 3 nitrogen and oxygen atoms in total. The Morgan fingerprint density at radius 1 is 1.45 bits per heavy atom. The number of anilines is 1. The number of amides is 1. The molecule has 1 unspecified atom stereocenters. The Labute approximate surface area is 135 Å². The fourth-order valence-corrected chi connectivity index (χ4v) is 2.79. The van der Waals surface area contributed by atoms with Crippen molar-refractivity contribution in [3.63, 3.8) is 0 Å². The molecule has 1 amide bonds. The van der Waals surface area contributed by atoms with Gasteiger partial charge < -0.3 is 5.32 Å². The number of rotatable bonds is 4. The van der Waals surface area contributed by atoms with Crippen molar-refractivity contribution in [2.24, 2.45) is 0 Å². The van der Waals surface area contributed by atoms with E-state index in [-0.39, 0.29) is 5.91 Å². The molecule has 0 aliphatic rings. The molecule has 1 aromatic heterocycles. The van der Waals surface area contributed by atoms with Crippen LogP contribution < -0.4 is 5.32 Å². The second-order valence-corrected chi connectivity index (χ2v) is 6.76. The third-order valence-corrected chi connectivity index (χ3v) is 4.23. The van der Waals surface area contributed by atoms with Gasteiger partial charge in [0, 0.05) is 27.5 Å². The van der Waals surface area contributed by atoms with Gasteiger partial charge in [0.1, 0.15) is 5.38 Å². The van der Waals surface area contributed by atoms with Gasteiger partial charge in [-0.25, -0.2) is 4.98 Å². The highest BCUT2D eigenvalue weighted by Gasteiger charge is 2.12. The average Bonchev–Trinajstić information content (AvgIpc) is 2.81. The lowest BCUT2D eigenvalue weighted by Gasteiger charge is -2.03. The highest BCUT2D eigenvalue weighted by atomic mass is 35.5. The Morgan fingerprint density at radius 2 is 2.20 bits per heavy atom. The van der Waals surface area contributed by atoms with Gasteiger partial charge in [-0.15, -0.1) is 22.9 Å².